The van der Waals surface area contributed by atoms with E-state index in [0.717, 1.165) is 17.8 Å². The molecule has 0 radical (unpaired) electrons. The SMILES string of the molecule is COC(OC)C(CC(C)C)=Nc1ccccc1. The number of benzene rings is 1. The summed E-state index contributed by atoms with van der Waals surface area (Å²) in [5.41, 5.74) is 1.86. The van der Waals surface area contributed by atoms with Gasteiger partial charge in [-0.05, 0) is 24.5 Å². The second-order valence-corrected chi connectivity index (χ2v) is 4.34. The van der Waals surface area contributed by atoms with Crippen LogP contribution in [0.25, 0.3) is 0 Å². The third-order valence-electron chi connectivity index (χ3n) is 2.35. The van der Waals surface area contributed by atoms with Gasteiger partial charge in [0.25, 0.3) is 0 Å². The summed E-state index contributed by atoms with van der Waals surface area (Å²) in [6.07, 6.45) is 0.499. The van der Waals surface area contributed by atoms with E-state index in [1.807, 2.05) is 30.3 Å². The summed E-state index contributed by atoms with van der Waals surface area (Å²) in [6, 6.07) is 9.87. The highest BCUT2D eigenvalue weighted by atomic mass is 16.7. The van der Waals surface area contributed by atoms with E-state index in [0.29, 0.717) is 5.92 Å². The average Bonchev–Trinajstić information content (AvgIpc) is 2.31. The van der Waals surface area contributed by atoms with E-state index in [2.05, 4.69) is 18.8 Å². The number of methoxy groups -OCH3 is 2. The van der Waals surface area contributed by atoms with Crippen LogP contribution in [-0.2, 0) is 9.47 Å². The van der Waals surface area contributed by atoms with E-state index in [4.69, 9.17) is 9.47 Å². The summed E-state index contributed by atoms with van der Waals surface area (Å²) in [5, 5.41) is 0. The fraction of sp³-hybridized carbons (Fsp3) is 0.500. The summed E-state index contributed by atoms with van der Waals surface area (Å²) < 4.78 is 10.6. The van der Waals surface area contributed by atoms with E-state index in [-0.39, 0.29) is 6.29 Å². The Morgan fingerprint density at radius 1 is 1.12 bits per heavy atom. The zero-order chi connectivity index (χ0) is 12.7. The normalized spacial score (nSPS) is 12.5. The van der Waals surface area contributed by atoms with Crippen LogP contribution >= 0.6 is 0 Å². The van der Waals surface area contributed by atoms with E-state index in [9.17, 15) is 0 Å². The molecule has 3 heteroatoms. The number of hydrogen-bond donors (Lipinski definition) is 0. The molecule has 0 saturated carbocycles. The molecule has 0 unspecified atom stereocenters. The molecule has 1 aromatic rings. The Morgan fingerprint density at radius 3 is 2.18 bits per heavy atom. The largest absolute Gasteiger partial charge is 0.351 e. The number of nitrogens with zero attached hydrogens (tertiary/aromatic N) is 1. The van der Waals surface area contributed by atoms with Crippen molar-refractivity contribution in [1.82, 2.24) is 0 Å². The lowest BCUT2D eigenvalue weighted by molar-refractivity contribution is -0.0535. The van der Waals surface area contributed by atoms with Gasteiger partial charge in [-0.25, -0.2) is 0 Å². The van der Waals surface area contributed by atoms with Crippen molar-refractivity contribution in [2.45, 2.75) is 26.6 Å². The monoisotopic (exact) mass is 235 g/mol. The van der Waals surface area contributed by atoms with Gasteiger partial charge in [-0.15, -0.1) is 0 Å². The van der Waals surface area contributed by atoms with Crippen LogP contribution in [0.15, 0.2) is 35.3 Å². The Labute approximate surface area is 103 Å². The minimum absolute atomic E-state index is 0.363. The van der Waals surface area contributed by atoms with Crippen molar-refractivity contribution in [2.24, 2.45) is 10.9 Å². The first-order valence-electron chi connectivity index (χ1n) is 5.85. The maximum Gasteiger partial charge on any atom is 0.196 e. The Bertz CT molecular complexity index is 342. The van der Waals surface area contributed by atoms with Crippen LogP contribution in [0.3, 0.4) is 0 Å². The molecule has 0 aliphatic carbocycles. The molecule has 1 rings (SSSR count). The van der Waals surface area contributed by atoms with E-state index >= 15 is 0 Å². The first kappa shape index (κ1) is 13.9. The van der Waals surface area contributed by atoms with Gasteiger partial charge in [0, 0.05) is 14.2 Å². The third-order valence-corrected chi connectivity index (χ3v) is 2.35. The predicted octanol–water partition coefficient (Wildman–Crippen LogP) is 3.42. The molecule has 0 fully saturated rings. The number of rotatable bonds is 6. The molecular formula is C14H21NO2. The fourth-order valence-corrected chi connectivity index (χ4v) is 1.65. The van der Waals surface area contributed by atoms with Crippen molar-refractivity contribution in [3.8, 4) is 0 Å². The third kappa shape index (κ3) is 4.67. The molecule has 0 aliphatic heterocycles. The van der Waals surface area contributed by atoms with Gasteiger partial charge < -0.3 is 9.47 Å². The number of para-hydroxylation sites is 1. The topological polar surface area (TPSA) is 30.8 Å². The van der Waals surface area contributed by atoms with Crippen LogP contribution in [0.4, 0.5) is 5.69 Å². The second kappa shape index (κ2) is 7.20. The first-order valence-corrected chi connectivity index (χ1v) is 5.85. The number of hydrogen-bond acceptors (Lipinski definition) is 3. The lowest BCUT2D eigenvalue weighted by atomic mass is 10.1. The van der Waals surface area contributed by atoms with Crippen LogP contribution in [0.5, 0.6) is 0 Å². The van der Waals surface area contributed by atoms with E-state index < -0.39 is 0 Å². The smallest absolute Gasteiger partial charge is 0.196 e. The molecule has 0 saturated heterocycles. The van der Waals surface area contributed by atoms with Crippen LogP contribution in [-0.4, -0.2) is 26.2 Å². The van der Waals surface area contributed by atoms with Gasteiger partial charge in [-0.2, -0.15) is 0 Å². The molecule has 0 aliphatic rings. The molecule has 3 nitrogen and oxygen atoms in total. The zero-order valence-electron chi connectivity index (χ0n) is 11.0. The first-order chi connectivity index (χ1) is 8.17. The van der Waals surface area contributed by atoms with Crippen molar-refractivity contribution in [3.63, 3.8) is 0 Å². The van der Waals surface area contributed by atoms with Gasteiger partial charge in [0.2, 0.25) is 0 Å². The van der Waals surface area contributed by atoms with Gasteiger partial charge in [-0.1, -0.05) is 32.0 Å². The van der Waals surface area contributed by atoms with Crippen molar-refractivity contribution < 1.29 is 9.47 Å². The highest BCUT2D eigenvalue weighted by molar-refractivity contribution is 5.90. The molecule has 94 valence electrons. The molecule has 0 N–H and O–H groups in total. The molecular weight excluding hydrogens is 214 g/mol. The van der Waals surface area contributed by atoms with Gasteiger partial charge in [-0.3, -0.25) is 4.99 Å². The quantitative estimate of drug-likeness (QED) is 0.558. The average molecular weight is 235 g/mol. The Morgan fingerprint density at radius 2 is 1.71 bits per heavy atom. The van der Waals surface area contributed by atoms with E-state index in [1.165, 1.54) is 0 Å². The lowest BCUT2D eigenvalue weighted by Gasteiger charge is -2.17. The molecule has 0 amide bonds. The standard InChI is InChI=1S/C14H21NO2/c1-11(2)10-13(14(16-3)17-4)15-12-8-6-5-7-9-12/h5-9,11,14H,10H2,1-4H3. The number of ether oxygens (including phenoxy) is 2. The van der Waals surface area contributed by atoms with Crippen LogP contribution < -0.4 is 0 Å². The molecule has 0 bridgehead atoms. The number of aliphatic imine (C=N–C) groups is 1. The molecule has 0 heterocycles. The second-order valence-electron chi connectivity index (χ2n) is 4.34. The van der Waals surface area contributed by atoms with Crippen LogP contribution in [0.2, 0.25) is 0 Å². The zero-order valence-corrected chi connectivity index (χ0v) is 11.0. The van der Waals surface area contributed by atoms with Crippen LogP contribution in [0, 0.1) is 5.92 Å². The molecule has 17 heavy (non-hydrogen) atoms. The van der Waals surface area contributed by atoms with Crippen molar-refractivity contribution >= 4 is 11.4 Å². The fourth-order valence-electron chi connectivity index (χ4n) is 1.65. The molecule has 0 spiro atoms. The summed E-state index contributed by atoms with van der Waals surface area (Å²) in [4.78, 5) is 4.61. The summed E-state index contributed by atoms with van der Waals surface area (Å²) in [7, 11) is 3.27. The minimum atomic E-state index is -0.363. The Hall–Kier alpha value is -1.19. The van der Waals surface area contributed by atoms with Crippen molar-refractivity contribution in [1.29, 1.82) is 0 Å². The molecule has 0 atom stereocenters. The maximum atomic E-state index is 5.28. The minimum Gasteiger partial charge on any atom is -0.351 e. The highest BCUT2D eigenvalue weighted by Gasteiger charge is 2.15. The predicted molar refractivity (Wildman–Crippen MR) is 70.8 cm³/mol. The van der Waals surface area contributed by atoms with Gasteiger partial charge in [0.1, 0.15) is 0 Å². The van der Waals surface area contributed by atoms with Gasteiger partial charge in [0.15, 0.2) is 6.29 Å². The summed E-state index contributed by atoms with van der Waals surface area (Å²) in [6.45, 7) is 4.31. The summed E-state index contributed by atoms with van der Waals surface area (Å²) in [5.74, 6) is 0.519. The van der Waals surface area contributed by atoms with Gasteiger partial charge >= 0.3 is 0 Å². The Balaban J connectivity index is 2.92. The van der Waals surface area contributed by atoms with Gasteiger partial charge in [0.05, 0.1) is 11.4 Å². The maximum absolute atomic E-state index is 5.28. The summed E-state index contributed by atoms with van der Waals surface area (Å²) >= 11 is 0. The van der Waals surface area contributed by atoms with E-state index in [1.54, 1.807) is 14.2 Å². The molecule has 1 aromatic carbocycles. The van der Waals surface area contributed by atoms with Crippen LogP contribution in [0.1, 0.15) is 20.3 Å². The molecule has 0 aromatic heterocycles. The van der Waals surface area contributed by atoms with Crippen molar-refractivity contribution in [3.05, 3.63) is 30.3 Å². The highest BCUT2D eigenvalue weighted by Crippen LogP contribution is 2.16. The lowest BCUT2D eigenvalue weighted by Crippen LogP contribution is -2.26. The Kier molecular flexibility index (Phi) is 5.87. The van der Waals surface area contributed by atoms with Crippen molar-refractivity contribution in [2.75, 3.05) is 14.2 Å².